The van der Waals surface area contributed by atoms with Crippen LogP contribution in [-0.2, 0) is 0 Å². The van der Waals surface area contributed by atoms with E-state index >= 15 is 0 Å². The molecule has 0 saturated heterocycles. The maximum atomic E-state index is 10.1. The molecular formula is CH3N5O. The molecule has 0 aromatic heterocycles. The third-order valence-electron chi connectivity index (χ3n) is 0.507. The molecule has 1 unspecified atom stereocenters. The Morgan fingerprint density at radius 1 is 1.71 bits per heavy atom. The quantitative estimate of drug-likeness (QED) is 0.345. The van der Waals surface area contributed by atoms with Crippen molar-refractivity contribution < 1.29 is 5.17 Å². The lowest BCUT2D eigenvalue weighted by Crippen LogP contribution is -3.06. The highest BCUT2D eigenvalue weighted by Crippen LogP contribution is 1.72. The van der Waals surface area contributed by atoms with Crippen LogP contribution >= 0.6 is 0 Å². The maximum Gasteiger partial charge on any atom is 0.347 e. The van der Waals surface area contributed by atoms with E-state index in [4.69, 9.17) is 5.73 Å². The largest absolute Gasteiger partial charge is 0.597 e. The van der Waals surface area contributed by atoms with Crippen molar-refractivity contribution in [3.63, 3.8) is 0 Å². The number of rotatable bonds is 0. The first-order valence-corrected chi connectivity index (χ1v) is 1.59. The van der Waals surface area contributed by atoms with E-state index in [1.54, 1.807) is 0 Å². The second-order valence-corrected chi connectivity index (χ2v) is 0.980. The van der Waals surface area contributed by atoms with Crippen molar-refractivity contribution in [3.8, 4) is 0 Å². The van der Waals surface area contributed by atoms with E-state index in [2.05, 4.69) is 15.5 Å². The van der Waals surface area contributed by atoms with Gasteiger partial charge in [0.1, 0.15) is 0 Å². The summed E-state index contributed by atoms with van der Waals surface area (Å²) in [7, 11) is 0. The minimum Gasteiger partial charge on any atom is -0.597 e. The maximum absolute atomic E-state index is 10.1. The van der Waals surface area contributed by atoms with Crippen molar-refractivity contribution in [2.24, 2.45) is 21.3 Å². The molecule has 0 aromatic carbocycles. The SMILES string of the molecule is NC1=NN=N[NH+]1[O-]. The van der Waals surface area contributed by atoms with Crippen LogP contribution in [-0.4, -0.2) is 5.96 Å². The summed E-state index contributed by atoms with van der Waals surface area (Å²) in [5.74, 6) is -0.139. The number of guanidine groups is 1. The van der Waals surface area contributed by atoms with Crippen LogP contribution in [0.3, 0.4) is 0 Å². The summed E-state index contributed by atoms with van der Waals surface area (Å²) >= 11 is 0. The van der Waals surface area contributed by atoms with Crippen LogP contribution in [0.5, 0.6) is 0 Å². The number of hydrogen-bond donors (Lipinski definition) is 2. The molecule has 1 aliphatic rings. The van der Waals surface area contributed by atoms with Crippen LogP contribution in [0.15, 0.2) is 15.5 Å². The molecule has 0 amide bonds. The average molecular weight is 101 g/mol. The molecule has 1 heterocycles. The summed E-state index contributed by atoms with van der Waals surface area (Å²) in [5.41, 5.74) is 4.89. The molecular weight excluding hydrogens is 98.0 g/mol. The Kier molecular flexibility index (Phi) is 0.739. The van der Waals surface area contributed by atoms with E-state index in [-0.39, 0.29) is 5.96 Å². The van der Waals surface area contributed by atoms with Crippen molar-refractivity contribution in [2.45, 2.75) is 0 Å². The molecule has 0 spiro atoms. The Labute approximate surface area is 38.9 Å². The molecule has 0 aromatic rings. The zero-order valence-electron chi connectivity index (χ0n) is 3.33. The Bertz CT molecular complexity index is 126. The van der Waals surface area contributed by atoms with Gasteiger partial charge in [-0.1, -0.05) is 0 Å². The van der Waals surface area contributed by atoms with Gasteiger partial charge in [-0.3, -0.25) is 0 Å². The van der Waals surface area contributed by atoms with E-state index in [9.17, 15) is 5.21 Å². The van der Waals surface area contributed by atoms with Gasteiger partial charge in [0.15, 0.2) is 0 Å². The number of quaternary nitrogens is 1. The second-order valence-electron chi connectivity index (χ2n) is 0.980. The standard InChI is InChI=1S/CH3N5O/c2-1-3-4-5-6(1)7/h6H,(H2,2,3,5). The smallest absolute Gasteiger partial charge is 0.347 e. The van der Waals surface area contributed by atoms with Gasteiger partial charge in [0, 0.05) is 5.22 Å². The van der Waals surface area contributed by atoms with Crippen molar-refractivity contribution in [1.29, 1.82) is 0 Å². The van der Waals surface area contributed by atoms with Crippen molar-refractivity contribution >= 4 is 5.96 Å². The highest BCUT2D eigenvalue weighted by Gasteiger charge is 2.06. The minimum absolute atomic E-state index is 0.139. The monoisotopic (exact) mass is 101 g/mol. The Hall–Kier alpha value is -1.01. The molecule has 3 N–H and O–H groups in total. The van der Waals surface area contributed by atoms with E-state index in [0.717, 1.165) is 0 Å². The molecule has 1 atom stereocenters. The summed E-state index contributed by atoms with van der Waals surface area (Å²) in [6.07, 6.45) is 0. The number of hydrogen-bond acceptors (Lipinski definition) is 5. The fourth-order valence-corrected chi connectivity index (χ4v) is 0.205. The van der Waals surface area contributed by atoms with Gasteiger partial charge in [-0.15, -0.1) is 0 Å². The zero-order valence-corrected chi connectivity index (χ0v) is 3.33. The third-order valence-corrected chi connectivity index (χ3v) is 0.507. The fourth-order valence-electron chi connectivity index (χ4n) is 0.205. The topological polar surface area (TPSA) is 90.6 Å². The lowest BCUT2D eigenvalue weighted by atomic mass is 11.1. The molecule has 0 radical (unpaired) electrons. The molecule has 0 bridgehead atoms. The zero-order chi connectivity index (χ0) is 5.28. The first-order chi connectivity index (χ1) is 3.30. The summed E-state index contributed by atoms with van der Waals surface area (Å²) in [4.78, 5) is 0. The predicted molar refractivity (Wildman–Crippen MR) is 20.8 cm³/mol. The molecule has 0 fully saturated rings. The lowest BCUT2D eigenvalue weighted by molar-refractivity contribution is -0.757. The Morgan fingerprint density at radius 2 is 2.43 bits per heavy atom. The molecule has 0 aliphatic carbocycles. The Balaban J connectivity index is 2.69. The molecule has 6 heteroatoms. The minimum atomic E-state index is -0.556. The lowest BCUT2D eigenvalue weighted by Gasteiger charge is -2.01. The molecule has 6 nitrogen and oxygen atoms in total. The average Bonchev–Trinajstić information content (AvgIpc) is 1.91. The van der Waals surface area contributed by atoms with Gasteiger partial charge in [0.05, 0.1) is 5.22 Å². The van der Waals surface area contributed by atoms with Gasteiger partial charge in [-0.05, 0) is 5.10 Å². The molecule has 38 valence electrons. The van der Waals surface area contributed by atoms with Gasteiger partial charge >= 0.3 is 5.96 Å². The van der Waals surface area contributed by atoms with Gasteiger partial charge in [0.25, 0.3) is 0 Å². The van der Waals surface area contributed by atoms with Gasteiger partial charge in [-0.25, -0.2) is 0 Å². The van der Waals surface area contributed by atoms with Gasteiger partial charge in [-0.2, -0.15) is 5.17 Å². The summed E-state index contributed by atoms with van der Waals surface area (Å²) in [5, 5.41) is 18.6. The second kappa shape index (κ2) is 1.24. The van der Waals surface area contributed by atoms with Crippen molar-refractivity contribution in [1.82, 2.24) is 0 Å². The third kappa shape index (κ3) is 0.552. The van der Waals surface area contributed by atoms with E-state index in [0.29, 0.717) is 0 Å². The van der Waals surface area contributed by atoms with Crippen LogP contribution in [0, 0.1) is 5.21 Å². The van der Waals surface area contributed by atoms with Crippen LogP contribution in [0.25, 0.3) is 0 Å². The van der Waals surface area contributed by atoms with E-state index in [1.807, 2.05) is 0 Å². The summed E-state index contributed by atoms with van der Waals surface area (Å²) in [6, 6.07) is 0. The van der Waals surface area contributed by atoms with E-state index in [1.165, 1.54) is 0 Å². The van der Waals surface area contributed by atoms with Crippen LogP contribution in [0.2, 0.25) is 0 Å². The highest BCUT2D eigenvalue weighted by molar-refractivity contribution is 5.68. The number of nitrogens with one attached hydrogen (secondary N) is 1. The van der Waals surface area contributed by atoms with E-state index < -0.39 is 5.17 Å². The molecule has 1 aliphatic heterocycles. The van der Waals surface area contributed by atoms with Crippen molar-refractivity contribution in [2.75, 3.05) is 0 Å². The number of hydroxylamine groups is 1. The molecule has 1 rings (SSSR count). The molecule has 0 saturated carbocycles. The number of nitrogens with zero attached hydrogens (tertiary/aromatic N) is 3. The summed E-state index contributed by atoms with van der Waals surface area (Å²) < 4.78 is 0. The predicted octanol–water partition coefficient (Wildman–Crippen LogP) is -2.02. The number of nitrogens with two attached hydrogens (primary N) is 1. The van der Waals surface area contributed by atoms with Crippen LogP contribution in [0.4, 0.5) is 0 Å². The van der Waals surface area contributed by atoms with Gasteiger partial charge < -0.3 is 10.9 Å². The summed E-state index contributed by atoms with van der Waals surface area (Å²) in [6.45, 7) is 0. The molecule has 7 heavy (non-hydrogen) atoms. The Morgan fingerprint density at radius 3 is 2.57 bits per heavy atom. The highest BCUT2D eigenvalue weighted by atomic mass is 16.5. The first kappa shape index (κ1) is 4.16. The van der Waals surface area contributed by atoms with Gasteiger partial charge in [0.2, 0.25) is 0 Å². The first-order valence-electron chi connectivity index (χ1n) is 1.59. The fraction of sp³-hybridized carbons (Fsp3) is 0. The van der Waals surface area contributed by atoms with Crippen molar-refractivity contribution in [3.05, 3.63) is 5.21 Å². The normalized spacial score (nSPS) is 28.1. The van der Waals surface area contributed by atoms with Crippen LogP contribution in [0.1, 0.15) is 0 Å². The van der Waals surface area contributed by atoms with Crippen LogP contribution < -0.4 is 10.9 Å².